The van der Waals surface area contributed by atoms with Gasteiger partial charge in [-0.3, -0.25) is 9.36 Å². The van der Waals surface area contributed by atoms with E-state index in [4.69, 9.17) is 21.6 Å². The first kappa shape index (κ1) is 23.1. The molecule has 0 bridgehead atoms. The predicted octanol–water partition coefficient (Wildman–Crippen LogP) is 5.02. The average Bonchev–Trinajstić information content (AvgIpc) is 3.58. The van der Waals surface area contributed by atoms with E-state index in [1.54, 1.807) is 12.1 Å². The number of rotatable bonds is 10. The SMILES string of the molecule is N#CCCN(C(=O)CSc1nnc(COc2ccccc2Cl)n1C1CC1)c1ccc(F)cc1. The Hall–Kier alpha value is -3.09. The fraction of sp³-hybridized carbons (Fsp3) is 0.304. The number of amides is 1. The first-order valence-corrected chi connectivity index (χ1v) is 11.8. The highest BCUT2D eigenvalue weighted by molar-refractivity contribution is 7.99. The molecule has 10 heteroatoms. The second-order valence-electron chi connectivity index (χ2n) is 7.44. The Labute approximate surface area is 200 Å². The van der Waals surface area contributed by atoms with Crippen LogP contribution in [0.25, 0.3) is 0 Å². The number of nitrogens with zero attached hydrogens (tertiary/aromatic N) is 5. The van der Waals surface area contributed by atoms with E-state index in [1.165, 1.54) is 40.9 Å². The molecule has 1 aliphatic carbocycles. The van der Waals surface area contributed by atoms with Crippen molar-refractivity contribution in [3.05, 3.63) is 65.2 Å². The Morgan fingerprint density at radius 1 is 1.24 bits per heavy atom. The minimum absolute atomic E-state index is 0.110. The third-order valence-corrected chi connectivity index (χ3v) is 6.29. The number of thioether (sulfide) groups is 1. The second-order valence-corrected chi connectivity index (χ2v) is 8.79. The van der Waals surface area contributed by atoms with Gasteiger partial charge in [-0.05, 0) is 49.2 Å². The summed E-state index contributed by atoms with van der Waals surface area (Å²) in [6.45, 7) is 0.444. The standard InChI is InChI=1S/C23H21ClFN5O2S/c24-19-4-1-2-5-20(19)32-14-21-27-28-23(30(21)18-10-11-18)33-15-22(31)29(13-3-12-26)17-8-6-16(25)7-9-17/h1-2,4-9,18H,3,10-11,13-15H2. The number of nitriles is 1. The third kappa shape index (κ3) is 5.83. The van der Waals surface area contributed by atoms with Crippen LogP contribution in [0.3, 0.4) is 0 Å². The van der Waals surface area contributed by atoms with E-state index in [0.717, 1.165) is 12.8 Å². The molecule has 0 atom stereocenters. The van der Waals surface area contributed by atoms with E-state index in [2.05, 4.69) is 16.3 Å². The van der Waals surface area contributed by atoms with Gasteiger partial charge in [0.25, 0.3) is 0 Å². The lowest BCUT2D eigenvalue weighted by atomic mass is 10.2. The second kappa shape index (κ2) is 10.7. The van der Waals surface area contributed by atoms with Crippen LogP contribution < -0.4 is 9.64 Å². The first-order chi connectivity index (χ1) is 16.1. The number of benzene rings is 2. The van der Waals surface area contributed by atoms with E-state index >= 15 is 0 Å². The molecular weight excluding hydrogens is 465 g/mol. The molecular formula is C23H21ClFN5O2S. The Morgan fingerprint density at radius 2 is 2.00 bits per heavy atom. The van der Waals surface area contributed by atoms with Gasteiger partial charge in [0.1, 0.15) is 18.2 Å². The summed E-state index contributed by atoms with van der Waals surface area (Å²) in [5, 5.41) is 18.7. The molecule has 170 valence electrons. The topological polar surface area (TPSA) is 84.0 Å². The number of hydrogen-bond acceptors (Lipinski definition) is 6. The van der Waals surface area contributed by atoms with Crippen LogP contribution in [-0.4, -0.2) is 33.0 Å². The van der Waals surface area contributed by atoms with E-state index in [1.807, 2.05) is 16.7 Å². The summed E-state index contributed by atoms with van der Waals surface area (Å²) >= 11 is 7.45. The van der Waals surface area contributed by atoms with Crippen molar-refractivity contribution in [3.8, 4) is 11.8 Å². The zero-order chi connectivity index (χ0) is 23.2. The molecule has 0 saturated heterocycles. The minimum atomic E-state index is -0.384. The van der Waals surface area contributed by atoms with Crippen LogP contribution in [0.1, 0.15) is 31.1 Å². The molecule has 1 aliphatic rings. The van der Waals surface area contributed by atoms with Crippen molar-refractivity contribution in [2.45, 2.75) is 37.1 Å². The van der Waals surface area contributed by atoms with Crippen LogP contribution in [0.5, 0.6) is 5.75 Å². The van der Waals surface area contributed by atoms with Crippen molar-refractivity contribution in [2.24, 2.45) is 0 Å². The first-order valence-electron chi connectivity index (χ1n) is 10.4. The molecule has 3 aromatic rings. The van der Waals surface area contributed by atoms with Crippen LogP contribution in [0, 0.1) is 17.1 Å². The van der Waals surface area contributed by atoms with Crippen molar-refractivity contribution in [1.29, 1.82) is 5.26 Å². The Bertz CT molecular complexity index is 1160. The molecule has 0 radical (unpaired) electrons. The molecule has 1 aromatic heterocycles. The fourth-order valence-corrected chi connectivity index (χ4v) is 4.38. The van der Waals surface area contributed by atoms with Gasteiger partial charge in [-0.2, -0.15) is 5.26 Å². The van der Waals surface area contributed by atoms with Gasteiger partial charge in [0.05, 0.1) is 23.3 Å². The van der Waals surface area contributed by atoms with E-state index < -0.39 is 0 Å². The van der Waals surface area contributed by atoms with Gasteiger partial charge in [0.15, 0.2) is 11.0 Å². The Balaban J connectivity index is 1.44. The van der Waals surface area contributed by atoms with Gasteiger partial charge in [-0.1, -0.05) is 35.5 Å². The maximum atomic E-state index is 13.3. The van der Waals surface area contributed by atoms with E-state index in [9.17, 15) is 9.18 Å². The number of halogens is 2. The van der Waals surface area contributed by atoms with Crippen molar-refractivity contribution in [3.63, 3.8) is 0 Å². The molecule has 1 amide bonds. The quantitative estimate of drug-likeness (QED) is 0.375. The number of carbonyl (C=O) groups excluding carboxylic acids is 1. The van der Waals surface area contributed by atoms with Crippen molar-refractivity contribution in [2.75, 3.05) is 17.2 Å². The Kier molecular flexibility index (Phi) is 7.47. The maximum Gasteiger partial charge on any atom is 0.237 e. The van der Waals surface area contributed by atoms with Crippen LogP contribution in [-0.2, 0) is 11.4 Å². The largest absolute Gasteiger partial charge is 0.484 e. The number of ether oxygens (including phenoxy) is 1. The molecule has 0 spiro atoms. The molecule has 4 rings (SSSR count). The summed E-state index contributed by atoms with van der Waals surface area (Å²) in [4.78, 5) is 14.5. The van der Waals surface area contributed by atoms with Crippen molar-refractivity contribution >= 4 is 35.0 Å². The molecule has 0 aliphatic heterocycles. The number of aromatic nitrogens is 3. The summed E-state index contributed by atoms with van der Waals surface area (Å²) in [6.07, 6.45) is 2.21. The van der Waals surface area contributed by atoms with Crippen LogP contribution in [0.2, 0.25) is 5.02 Å². The highest BCUT2D eigenvalue weighted by Gasteiger charge is 2.30. The zero-order valence-corrected chi connectivity index (χ0v) is 19.2. The lowest BCUT2D eigenvalue weighted by molar-refractivity contribution is -0.116. The van der Waals surface area contributed by atoms with E-state index in [-0.39, 0.29) is 43.1 Å². The van der Waals surface area contributed by atoms with Gasteiger partial charge >= 0.3 is 0 Å². The van der Waals surface area contributed by atoms with Gasteiger partial charge in [0, 0.05) is 18.3 Å². The van der Waals surface area contributed by atoms with Crippen molar-refractivity contribution < 1.29 is 13.9 Å². The summed E-state index contributed by atoms with van der Waals surface area (Å²) in [5.41, 5.74) is 0.551. The number of hydrogen-bond donors (Lipinski definition) is 0. The number of anilines is 1. The van der Waals surface area contributed by atoms with Gasteiger partial charge < -0.3 is 9.64 Å². The smallest absolute Gasteiger partial charge is 0.237 e. The third-order valence-electron chi connectivity index (χ3n) is 5.05. The molecule has 1 saturated carbocycles. The minimum Gasteiger partial charge on any atom is -0.484 e. The lowest BCUT2D eigenvalue weighted by Crippen LogP contribution is -2.33. The van der Waals surface area contributed by atoms with Crippen molar-refractivity contribution in [1.82, 2.24) is 14.8 Å². The normalized spacial score (nSPS) is 12.9. The summed E-state index contributed by atoms with van der Waals surface area (Å²) in [7, 11) is 0. The molecule has 33 heavy (non-hydrogen) atoms. The van der Waals surface area contributed by atoms with Crippen LogP contribution in [0.15, 0.2) is 53.7 Å². The Morgan fingerprint density at radius 3 is 2.70 bits per heavy atom. The highest BCUT2D eigenvalue weighted by Crippen LogP contribution is 2.39. The maximum absolute atomic E-state index is 13.3. The summed E-state index contributed by atoms with van der Waals surface area (Å²) < 4.78 is 21.1. The lowest BCUT2D eigenvalue weighted by Gasteiger charge is -2.21. The van der Waals surface area contributed by atoms with E-state index in [0.29, 0.717) is 27.4 Å². The monoisotopic (exact) mass is 485 g/mol. The van der Waals surface area contributed by atoms with Crippen LogP contribution >= 0.6 is 23.4 Å². The van der Waals surface area contributed by atoms with Crippen LogP contribution in [0.4, 0.5) is 10.1 Å². The van der Waals surface area contributed by atoms with Gasteiger partial charge in [-0.15, -0.1) is 10.2 Å². The summed E-state index contributed by atoms with van der Waals surface area (Å²) in [6, 6.07) is 15.2. The number of carbonyl (C=O) groups is 1. The van der Waals surface area contributed by atoms with Gasteiger partial charge in [-0.25, -0.2) is 4.39 Å². The fourth-order valence-electron chi connectivity index (χ4n) is 3.29. The number of para-hydroxylation sites is 1. The summed E-state index contributed by atoms with van der Waals surface area (Å²) in [5.74, 6) is 0.776. The molecule has 7 nitrogen and oxygen atoms in total. The molecule has 2 aromatic carbocycles. The van der Waals surface area contributed by atoms with Gasteiger partial charge in [0.2, 0.25) is 5.91 Å². The molecule has 1 heterocycles. The molecule has 1 fully saturated rings. The molecule has 0 N–H and O–H groups in total. The average molecular weight is 486 g/mol. The molecule has 0 unspecified atom stereocenters. The zero-order valence-electron chi connectivity index (χ0n) is 17.7. The highest BCUT2D eigenvalue weighted by atomic mass is 35.5. The predicted molar refractivity (Wildman–Crippen MR) is 124 cm³/mol.